The molecule has 0 aromatic heterocycles. The first-order chi connectivity index (χ1) is 13.4. The standard InChI is InChI=1S/C14H12F14O3/c1-3-6(2)7(30)31-5-9(17,18)11(21,22)13(25,26)14(27,28)12(23,24)10(19,20)8(15,16)4-29/h3,29H,4-5H2,1-2H3. The van der Waals surface area contributed by atoms with Crippen LogP contribution in [-0.2, 0) is 9.53 Å². The van der Waals surface area contributed by atoms with Crippen LogP contribution >= 0.6 is 0 Å². The maximum atomic E-state index is 13.5. The smallest absolute Gasteiger partial charge is 0.384 e. The molecule has 0 aromatic rings. The van der Waals surface area contributed by atoms with Gasteiger partial charge in [0.15, 0.2) is 6.61 Å². The van der Waals surface area contributed by atoms with Crippen LogP contribution in [0, 0.1) is 0 Å². The van der Waals surface area contributed by atoms with Gasteiger partial charge in [0, 0.05) is 5.57 Å². The van der Waals surface area contributed by atoms with Crippen LogP contribution in [0.5, 0.6) is 0 Å². The first-order valence-corrected chi connectivity index (χ1v) is 7.48. The number of aliphatic hydroxyl groups excluding tert-OH is 1. The van der Waals surface area contributed by atoms with Gasteiger partial charge in [-0.15, -0.1) is 0 Å². The normalized spacial score (nSPS) is 15.8. The summed E-state index contributed by atoms with van der Waals surface area (Å²) in [7, 11) is 0. The molecule has 1 N–H and O–H groups in total. The molecule has 0 fully saturated rings. The summed E-state index contributed by atoms with van der Waals surface area (Å²) >= 11 is 0. The maximum Gasteiger partial charge on any atom is 0.384 e. The lowest BCUT2D eigenvalue weighted by atomic mass is 9.89. The number of esters is 1. The number of ether oxygens (including phenoxy) is 1. The summed E-state index contributed by atoms with van der Waals surface area (Å²) in [6.07, 6.45) is 0.839. The lowest BCUT2D eigenvalue weighted by molar-refractivity contribution is -0.443. The van der Waals surface area contributed by atoms with E-state index < -0.39 is 66.2 Å². The third kappa shape index (κ3) is 4.28. The SMILES string of the molecule is CC=C(C)C(=O)OCC(F)(F)C(F)(F)C(F)(F)C(F)(F)C(F)(F)C(F)(F)C(F)(F)CO. The van der Waals surface area contributed by atoms with Gasteiger partial charge >= 0.3 is 47.4 Å². The number of allylic oxidation sites excluding steroid dienone is 1. The fourth-order valence-electron chi connectivity index (χ4n) is 1.63. The number of halogens is 14. The van der Waals surface area contributed by atoms with Gasteiger partial charge < -0.3 is 9.84 Å². The van der Waals surface area contributed by atoms with E-state index in [4.69, 9.17) is 5.11 Å². The summed E-state index contributed by atoms with van der Waals surface area (Å²) in [6.45, 7) is -4.51. The predicted molar refractivity (Wildman–Crippen MR) is 72.1 cm³/mol. The molecular weight excluding hydrogens is 482 g/mol. The molecule has 0 saturated heterocycles. The van der Waals surface area contributed by atoms with Crippen LogP contribution in [0.15, 0.2) is 11.6 Å². The lowest BCUT2D eigenvalue weighted by Crippen LogP contribution is -2.73. The highest BCUT2D eigenvalue weighted by atomic mass is 19.4. The molecule has 0 atom stereocenters. The minimum Gasteiger partial charge on any atom is -0.456 e. The zero-order valence-electron chi connectivity index (χ0n) is 15.0. The first-order valence-electron chi connectivity index (χ1n) is 7.48. The molecule has 0 unspecified atom stereocenters. The molecule has 0 bridgehead atoms. The van der Waals surface area contributed by atoms with Crippen LogP contribution < -0.4 is 0 Å². The molecule has 0 spiro atoms. The van der Waals surface area contributed by atoms with Crippen molar-refractivity contribution in [3.05, 3.63) is 11.6 Å². The monoisotopic (exact) mass is 494 g/mol. The van der Waals surface area contributed by atoms with Crippen LogP contribution in [0.25, 0.3) is 0 Å². The molecule has 0 rings (SSSR count). The fourth-order valence-corrected chi connectivity index (χ4v) is 1.63. The highest BCUT2D eigenvalue weighted by molar-refractivity contribution is 5.87. The number of alkyl halides is 14. The van der Waals surface area contributed by atoms with Crippen molar-refractivity contribution in [3.8, 4) is 0 Å². The zero-order valence-corrected chi connectivity index (χ0v) is 15.0. The Bertz CT molecular complexity index is 698. The number of rotatable bonds is 10. The van der Waals surface area contributed by atoms with Gasteiger partial charge in [-0.3, -0.25) is 0 Å². The van der Waals surface area contributed by atoms with Crippen LogP contribution in [0.4, 0.5) is 61.5 Å². The van der Waals surface area contributed by atoms with E-state index in [1.807, 2.05) is 0 Å². The molecule has 0 heterocycles. The molecule has 0 aromatic carbocycles. The third-order valence-electron chi connectivity index (χ3n) is 3.83. The van der Waals surface area contributed by atoms with E-state index in [9.17, 15) is 66.3 Å². The Morgan fingerprint density at radius 2 is 1.03 bits per heavy atom. The van der Waals surface area contributed by atoms with Crippen molar-refractivity contribution in [2.75, 3.05) is 13.2 Å². The molecular formula is C14H12F14O3. The van der Waals surface area contributed by atoms with E-state index in [0.29, 0.717) is 0 Å². The molecule has 0 aliphatic rings. The summed E-state index contributed by atoms with van der Waals surface area (Å²) in [5, 5.41) is 7.92. The van der Waals surface area contributed by atoms with Gasteiger partial charge in [0.05, 0.1) is 0 Å². The number of hydrogen-bond donors (Lipinski definition) is 1. The first kappa shape index (κ1) is 29.2. The van der Waals surface area contributed by atoms with Crippen molar-refractivity contribution in [1.29, 1.82) is 0 Å². The van der Waals surface area contributed by atoms with E-state index in [0.717, 1.165) is 19.9 Å². The Labute approximate surface area is 163 Å². The molecule has 0 aliphatic heterocycles. The van der Waals surface area contributed by atoms with Crippen LogP contribution in [0.3, 0.4) is 0 Å². The van der Waals surface area contributed by atoms with Crippen molar-refractivity contribution in [2.45, 2.75) is 55.3 Å². The Balaban J connectivity index is 6.32. The quantitative estimate of drug-likeness (QED) is 0.266. The van der Waals surface area contributed by atoms with Crippen molar-refractivity contribution in [1.82, 2.24) is 0 Å². The average Bonchev–Trinajstić information content (AvgIpc) is 2.64. The molecule has 184 valence electrons. The van der Waals surface area contributed by atoms with Crippen molar-refractivity contribution in [2.24, 2.45) is 0 Å². The van der Waals surface area contributed by atoms with Crippen LogP contribution in [0.2, 0.25) is 0 Å². The summed E-state index contributed by atoms with van der Waals surface area (Å²) in [4.78, 5) is 11.1. The molecule has 17 heteroatoms. The van der Waals surface area contributed by atoms with Gasteiger partial charge in [0.1, 0.15) is 6.61 Å². The van der Waals surface area contributed by atoms with E-state index in [-0.39, 0.29) is 0 Å². The molecule has 0 amide bonds. The number of aliphatic hydroxyl groups is 1. The molecule has 0 radical (unpaired) electrons. The minimum absolute atomic E-state index is 0.575. The Hall–Kier alpha value is -1.81. The van der Waals surface area contributed by atoms with Crippen molar-refractivity contribution >= 4 is 5.97 Å². The second kappa shape index (κ2) is 8.27. The Morgan fingerprint density at radius 3 is 1.35 bits per heavy atom. The molecule has 0 aliphatic carbocycles. The summed E-state index contributed by atoms with van der Waals surface area (Å²) < 4.78 is 189. The van der Waals surface area contributed by atoms with Gasteiger partial charge in [-0.1, -0.05) is 6.08 Å². The van der Waals surface area contributed by atoms with Crippen molar-refractivity contribution < 1.29 is 76.1 Å². The second-order valence-corrected chi connectivity index (χ2v) is 5.99. The number of carbonyl (C=O) groups excluding carboxylic acids is 1. The van der Waals surface area contributed by atoms with E-state index in [2.05, 4.69) is 4.74 Å². The topological polar surface area (TPSA) is 46.5 Å². The molecule has 3 nitrogen and oxygen atoms in total. The number of hydrogen-bond acceptors (Lipinski definition) is 3. The highest BCUT2D eigenvalue weighted by Gasteiger charge is 2.92. The summed E-state index contributed by atoms with van der Waals surface area (Å²) in [5.41, 5.74) is -0.575. The molecule has 0 saturated carbocycles. The van der Waals surface area contributed by atoms with Crippen LogP contribution in [-0.4, -0.2) is 65.7 Å². The minimum atomic E-state index is -8.24. The summed E-state index contributed by atoms with van der Waals surface area (Å²) in [5.74, 6) is -54.7. The second-order valence-electron chi connectivity index (χ2n) is 5.99. The van der Waals surface area contributed by atoms with E-state index in [1.54, 1.807) is 0 Å². The van der Waals surface area contributed by atoms with Gasteiger partial charge in [-0.2, -0.15) is 61.5 Å². The van der Waals surface area contributed by atoms with E-state index in [1.165, 1.54) is 0 Å². The zero-order chi connectivity index (χ0) is 25.5. The largest absolute Gasteiger partial charge is 0.456 e. The van der Waals surface area contributed by atoms with Gasteiger partial charge in [0.25, 0.3) is 0 Å². The van der Waals surface area contributed by atoms with Crippen LogP contribution in [0.1, 0.15) is 13.8 Å². The van der Waals surface area contributed by atoms with E-state index >= 15 is 0 Å². The van der Waals surface area contributed by atoms with Gasteiger partial charge in [-0.25, -0.2) is 4.79 Å². The van der Waals surface area contributed by atoms with Gasteiger partial charge in [-0.05, 0) is 13.8 Å². The Morgan fingerprint density at radius 1 is 0.710 bits per heavy atom. The summed E-state index contributed by atoms with van der Waals surface area (Å²) in [6, 6.07) is 0. The highest BCUT2D eigenvalue weighted by Crippen LogP contribution is 2.62. The maximum absolute atomic E-state index is 13.5. The predicted octanol–water partition coefficient (Wildman–Crippen LogP) is 4.94. The number of carbonyl (C=O) groups is 1. The van der Waals surface area contributed by atoms with Gasteiger partial charge in [0.2, 0.25) is 0 Å². The average molecular weight is 494 g/mol. The Kier molecular flexibility index (Phi) is 7.79. The lowest BCUT2D eigenvalue weighted by Gasteiger charge is -2.42. The third-order valence-corrected chi connectivity index (χ3v) is 3.83. The molecule has 31 heavy (non-hydrogen) atoms. The van der Waals surface area contributed by atoms with Crippen molar-refractivity contribution in [3.63, 3.8) is 0 Å². The fraction of sp³-hybridized carbons (Fsp3) is 0.786.